The van der Waals surface area contributed by atoms with Crippen LogP contribution in [0, 0.1) is 0 Å². The van der Waals surface area contributed by atoms with Gasteiger partial charge in [-0.1, -0.05) is 0 Å². The van der Waals surface area contributed by atoms with Crippen LogP contribution >= 0.6 is 11.8 Å². The molecule has 0 radical (unpaired) electrons. The first-order valence-electron chi connectivity index (χ1n) is 5.82. The van der Waals surface area contributed by atoms with Crippen molar-refractivity contribution in [2.75, 3.05) is 31.3 Å². The Morgan fingerprint density at radius 1 is 1.62 bits per heavy atom. The van der Waals surface area contributed by atoms with E-state index in [2.05, 4.69) is 11.8 Å². The lowest BCUT2D eigenvalue weighted by Gasteiger charge is -2.47. The third-order valence-electron chi connectivity index (χ3n) is 3.54. The number of morpholine rings is 1. The van der Waals surface area contributed by atoms with Gasteiger partial charge in [0.15, 0.2) is 0 Å². The molecule has 2 atom stereocenters. The highest BCUT2D eigenvalue weighted by Gasteiger charge is 2.47. The summed E-state index contributed by atoms with van der Waals surface area (Å²) in [6.07, 6.45) is 1.78. The van der Waals surface area contributed by atoms with Crippen molar-refractivity contribution in [1.82, 2.24) is 4.90 Å². The van der Waals surface area contributed by atoms with Crippen LogP contribution < -0.4 is 0 Å². The van der Waals surface area contributed by atoms with E-state index in [1.807, 2.05) is 0 Å². The monoisotopic (exact) mass is 245 g/mol. The summed E-state index contributed by atoms with van der Waals surface area (Å²) in [4.78, 5) is 13.8. The highest BCUT2D eigenvalue weighted by Crippen LogP contribution is 2.34. The first-order chi connectivity index (χ1) is 7.67. The van der Waals surface area contributed by atoms with Crippen LogP contribution in [0.15, 0.2) is 0 Å². The molecule has 2 unspecified atom stereocenters. The number of hydrogen-bond donors (Lipinski definition) is 1. The lowest BCUT2D eigenvalue weighted by atomic mass is 9.91. The summed E-state index contributed by atoms with van der Waals surface area (Å²) in [5.74, 6) is 1.15. The number of thioether (sulfide) groups is 1. The SMILES string of the molecule is CC1COCCN1C1(C(=O)O)CCCSC1. The van der Waals surface area contributed by atoms with Crippen molar-refractivity contribution >= 4 is 17.7 Å². The Balaban J connectivity index is 2.19. The topological polar surface area (TPSA) is 49.8 Å². The summed E-state index contributed by atoms with van der Waals surface area (Å²) < 4.78 is 5.39. The second kappa shape index (κ2) is 4.94. The van der Waals surface area contributed by atoms with Gasteiger partial charge < -0.3 is 9.84 Å². The van der Waals surface area contributed by atoms with E-state index < -0.39 is 11.5 Å². The molecule has 16 heavy (non-hydrogen) atoms. The van der Waals surface area contributed by atoms with E-state index in [1.165, 1.54) is 0 Å². The van der Waals surface area contributed by atoms with Gasteiger partial charge in [-0.25, -0.2) is 0 Å². The fourth-order valence-corrected chi connectivity index (χ4v) is 3.93. The Bertz CT molecular complexity index is 266. The van der Waals surface area contributed by atoms with Crippen molar-refractivity contribution < 1.29 is 14.6 Å². The predicted octanol–water partition coefficient (Wildman–Crippen LogP) is 1.06. The van der Waals surface area contributed by atoms with Gasteiger partial charge in [-0.3, -0.25) is 9.69 Å². The molecule has 2 saturated heterocycles. The largest absolute Gasteiger partial charge is 0.480 e. The number of aliphatic carboxylic acids is 1. The normalized spacial score (nSPS) is 37.2. The molecular formula is C11H19NO3S. The molecule has 2 heterocycles. The van der Waals surface area contributed by atoms with Crippen molar-refractivity contribution in [2.45, 2.75) is 31.3 Å². The Morgan fingerprint density at radius 3 is 3.00 bits per heavy atom. The average Bonchev–Trinajstić information content (AvgIpc) is 2.30. The van der Waals surface area contributed by atoms with Crippen LogP contribution in [0.5, 0.6) is 0 Å². The fraction of sp³-hybridized carbons (Fsp3) is 0.909. The second-order valence-electron chi connectivity index (χ2n) is 4.61. The quantitative estimate of drug-likeness (QED) is 0.788. The van der Waals surface area contributed by atoms with Gasteiger partial charge in [0, 0.05) is 18.3 Å². The summed E-state index contributed by atoms with van der Waals surface area (Å²) in [5.41, 5.74) is -0.647. The highest BCUT2D eigenvalue weighted by molar-refractivity contribution is 7.99. The number of nitrogens with zero attached hydrogens (tertiary/aromatic N) is 1. The van der Waals surface area contributed by atoms with Gasteiger partial charge in [0.25, 0.3) is 0 Å². The van der Waals surface area contributed by atoms with E-state index in [0.29, 0.717) is 19.0 Å². The molecule has 1 N–H and O–H groups in total. The number of ether oxygens (including phenoxy) is 1. The van der Waals surface area contributed by atoms with Crippen LogP contribution in [0.3, 0.4) is 0 Å². The number of rotatable bonds is 2. The zero-order valence-electron chi connectivity index (χ0n) is 9.65. The lowest BCUT2D eigenvalue weighted by molar-refractivity contribution is -0.157. The fourth-order valence-electron chi connectivity index (χ4n) is 2.66. The standard InChI is InChI=1S/C11H19NO3S/c1-9-7-15-5-4-12(9)11(10(13)14)3-2-6-16-8-11/h9H,2-8H2,1H3,(H,13,14). The minimum absolute atomic E-state index is 0.212. The number of carbonyl (C=O) groups is 1. The molecule has 0 bridgehead atoms. The van der Waals surface area contributed by atoms with Crippen molar-refractivity contribution in [2.24, 2.45) is 0 Å². The van der Waals surface area contributed by atoms with Crippen molar-refractivity contribution in [3.63, 3.8) is 0 Å². The first-order valence-corrected chi connectivity index (χ1v) is 6.98. The van der Waals surface area contributed by atoms with Crippen LogP contribution in [0.1, 0.15) is 19.8 Å². The summed E-state index contributed by atoms with van der Waals surface area (Å²) in [7, 11) is 0. The number of carboxylic acids is 1. The molecule has 0 saturated carbocycles. The minimum Gasteiger partial charge on any atom is -0.480 e. The molecule has 0 aromatic carbocycles. The van der Waals surface area contributed by atoms with E-state index in [1.54, 1.807) is 11.8 Å². The summed E-state index contributed by atoms with van der Waals surface area (Å²) in [6.45, 7) is 4.11. The third kappa shape index (κ3) is 2.08. The summed E-state index contributed by atoms with van der Waals surface area (Å²) in [5, 5.41) is 9.56. The van der Waals surface area contributed by atoms with E-state index in [-0.39, 0.29) is 6.04 Å². The predicted molar refractivity (Wildman–Crippen MR) is 63.9 cm³/mol. The third-order valence-corrected chi connectivity index (χ3v) is 4.79. The first kappa shape index (κ1) is 12.2. The molecule has 2 aliphatic rings. The molecule has 5 heteroatoms. The van der Waals surface area contributed by atoms with Gasteiger partial charge in [0.2, 0.25) is 0 Å². The molecule has 0 aromatic rings. The van der Waals surface area contributed by atoms with E-state index >= 15 is 0 Å². The van der Waals surface area contributed by atoms with Crippen molar-refractivity contribution in [3.05, 3.63) is 0 Å². The smallest absolute Gasteiger partial charge is 0.325 e. The van der Waals surface area contributed by atoms with Gasteiger partial charge in [0.05, 0.1) is 13.2 Å². The number of carboxylic acid groups (broad SMARTS) is 1. The van der Waals surface area contributed by atoms with E-state index in [9.17, 15) is 9.90 Å². The minimum atomic E-state index is -0.659. The van der Waals surface area contributed by atoms with Crippen molar-refractivity contribution in [3.8, 4) is 0 Å². The van der Waals surface area contributed by atoms with Gasteiger partial charge >= 0.3 is 5.97 Å². The molecule has 2 fully saturated rings. The average molecular weight is 245 g/mol. The van der Waals surface area contributed by atoms with Gasteiger partial charge in [-0.2, -0.15) is 11.8 Å². The van der Waals surface area contributed by atoms with Gasteiger partial charge in [0.1, 0.15) is 5.54 Å². The molecule has 2 aliphatic heterocycles. The maximum Gasteiger partial charge on any atom is 0.325 e. The molecular weight excluding hydrogens is 226 g/mol. The molecule has 4 nitrogen and oxygen atoms in total. The van der Waals surface area contributed by atoms with E-state index in [4.69, 9.17) is 4.74 Å². The van der Waals surface area contributed by atoms with Crippen LogP contribution in [0.25, 0.3) is 0 Å². The lowest BCUT2D eigenvalue weighted by Crippen LogP contribution is -2.63. The molecule has 2 rings (SSSR count). The maximum atomic E-state index is 11.6. The molecule has 92 valence electrons. The van der Waals surface area contributed by atoms with Crippen LogP contribution in [-0.4, -0.2) is 58.8 Å². The van der Waals surface area contributed by atoms with Crippen molar-refractivity contribution in [1.29, 1.82) is 0 Å². The Hall–Kier alpha value is -0.260. The maximum absolute atomic E-state index is 11.6. The second-order valence-corrected chi connectivity index (χ2v) is 5.72. The Labute approximate surface area is 100 Å². The molecule has 0 amide bonds. The highest BCUT2D eigenvalue weighted by atomic mass is 32.2. The molecule has 0 spiro atoms. The zero-order chi connectivity index (χ0) is 11.6. The number of hydrogen-bond acceptors (Lipinski definition) is 4. The van der Waals surface area contributed by atoms with Crippen LogP contribution in [-0.2, 0) is 9.53 Å². The molecule has 0 aromatic heterocycles. The molecule has 0 aliphatic carbocycles. The zero-order valence-corrected chi connectivity index (χ0v) is 10.5. The van der Waals surface area contributed by atoms with Gasteiger partial charge in [-0.15, -0.1) is 0 Å². The van der Waals surface area contributed by atoms with E-state index in [0.717, 1.165) is 25.1 Å². The van der Waals surface area contributed by atoms with Crippen LogP contribution in [0.2, 0.25) is 0 Å². The summed E-state index contributed by atoms with van der Waals surface area (Å²) in [6, 6.07) is 0.212. The Kier molecular flexibility index (Phi) is 3.77. The summed E-state index contributed by atoms with van der Waals surface area (Å²) >= 11 is 1.76. The van der Waals surface area contributed by atoms with Gasteiger partial charge in [-0.05, 0) is 25.5 Å². The Morgan fingerprint density at radius 2 is 2.44 bits per heavy atom. The van der Waals surface area contributed by atoms with Crippen LogP contribution in [0.4, 0.5) is 0 Å².